The molecule has 2 aromatic rings. The normalized spacial score (nSPS) is 22.8. The number of fused-ring (bicyclic) bond motifs is 1. The molecular formula is C17H26N4. The fraction of sp³-hybridized carbons (Fsp3) is 0.647. The van der Waals surface area contributed by atoms with Crippen molar-refractivity contribution >= 4 is 11.0 Å². The summed E-state index contributed by atoms with van der Waals surface area (Å²) in [5.41, 5.74) is 3.28. The van der Waals surface area contributed by atoms with Gasteiger partial charge in [-0.15, -0.1) is 0 Å². The molecule has 0 radical (unpaired) electrons. The molecule has 21 heavy (non-hydrogen) atoms. The molecule has 0 saturated heterocycles. The minimum atomic E-state index is 0.852. The van der Waals surface area contributed by atoms with Crippen LogP contribution >= 0.6 is 0 Å². The van der Waals surface area contributed by atoms with Gasteiger partial charge in [-0.25, -0.2) is 4.98 Å². The van der Waals surface area contributed by atoms with E-state index in [2.05, 4.69) is 28.4 Å². The Morgan fingerprint density at radius 1 is 1.38 bits per heavy atom. The molecule has 1 fully saturated rings. The van der Waals surface area contributed by atoms with Crippen molar-refractivity contribution in [3.05, 3.63) is 23.5 Å². The Bertz CT molecular complexity index is 617. The molecule has 4 heteroatoms. The fourth-order valence-electron chi connectivity index (χ4n) is 3.61. The van der Waals surface area contributed by atoms with E-state index in [0.29, 0.717) is 0 Å². The maximum Gasteiger partial charge on any atom is 0.157 e. The molecule has 1 aliphatic rings. The fourth-order valence-corrected chi connectivity index (χ4v) is 3.61. The second-order valence-corrected chi connectivity index (χ2v) is 6.69. The molecule has 4 nitrogen and oxygen atoms in total. The number of hydrogen-bond acceptors (Lipinski definition) is 3. The molecule has 0 aromatic carbocycles. The van der Waals surface area contributed by atoms with Crippen molar-refractivity contribution in [2.24, 2.45) is 18.9 Å². The van der Waals surface area contributed by atoms with Crippen LogP contribution in [-0.2, 0) is 13.6 Å². The van der Waals surface area contributed by atoms with Gasteiger partial charge in [0.15, 0.2) is 5.65 Å². The highest BCUT2D eigenvalue weighted by Gasteiger charge is 2.18. The SMILES string of the molecule is Cc1nn(C)c2ncc(CNCC3CCCC(C)C3)cc12. The Morgan fingerprint density at radius 2 is 2.24 bits per heavy atom. The molecule has 0 amide bonds. The molecule has 3 rings (SSSR count). The van der Waals surface area contributed by atoms with E-state index in [4.69, 9.17) is 0 Å². The molecule has 2 heterocycles. The van der Waals surface area contributed by atoms with Gasteiger partial charge in [0.05, 0.1) is 5.69 Å². The monoisotopic (exact) mass is 286 g/mol. The second-order valence-electron chi connectivity index (χ2n) is 6.69. The Labute approximate surface area is 126 Å². The van der Waals surface area contributed by atoms with Gasteiger partial charge in [0.2, 0.25) is 0 Å². The van der Waals surface area contributed by atoms with Crippen molar-refractivity contribution < 1.29 is 0 Å². The van der Waals surface area contributed by atoms with Crippen molar-refractivity contribution in [3.8, 4) is 0 Å². The summed E-state index contributed by atoms with van der Waals surface area (Å²) in [7, 11) is 1.95. The molecule has 114 valence electrons. The zero-order valence-corrected chi connectivity index (χ0v) is 13.4. The molecule has 2 atom stereocenters. The van der Waals surface area contributed by atoms with Crippen LogP contribution in [0.4, 0.5) is 0 Å². The third-order valence-corrected chi connectivity index (χ3v) is 4.73. The predicted octanol–water partition coefficient (Wildman–Crippen LogP) is 3.19. The van der Waals surface area contributed by atoms with Crippen molar-refractivity contribution in [2.75, 3.05) is 6.54 Å². The van der Waals surface area contributed by atoms with Crippen LogP contribution in [0.15, 0.2) is 12.3 Å². The van der Waals surface area contributed by atoms with Crippen LogP contribution in [0.5, 0.6) is 0 Å². The van der Waals surface area contributed by atoms with E-state index >= 15 is 0 Å². The van der Waals surface area contributed by atoms with Crippen LogP contribution in [0, 0.1) is 18.8 Å². The van der Waals surface area contributed by atoms with Crippen molar-refractivity contribution in [2.45, 2.75) is 46.1 Å². The van der Waals surface area contributed by atoms with E-state index in [1.165, 1.54) is 36.6 Å². The Balaban J connectivity index is 1.59. The van der Waals surface area contributed by atoms with Gasteiger partial charge >= 0.3 is 0 Å². The second kappa shape index (κ2) is 6.14. The average molecular weight is 286 g/mol. The number of hydrogen-bond donors (Lipinski definition) is 1. The van der Waals surface area contributed by atoms with E-state index in [9.17, 15) is 0 Å². The van der Waals surface area contributed by atoms with Crippen LogP contribution in [-0.4, -0.2) is 21.3 Å². The third-order valence-electron chi connectivity index (χ3n) is 4.73. The Morgan fingerprint density at radius 3 is 3.05 bits per heavy atom. The lowest BCUT2D eigenvalue weighted by Crippen LogP contribution is -2.26. The summed E-state index contributed by atoms with van der Waals surface area (Å²) in [6.07, 6.45) is 7.55. The van der Waals surface area contributed by atoms with Crippen molar-refractivity contribution in [1.82, 2.24) is 20.1 Å². The maximum atomic E-state index is 4.54. The van der Waals surface area contributed by atoms with Crippen LogP contribution < -0.4 is 5.32 Å². The van der Waals surface area contributed by atoms with Gasteiger partial charge in [-0.1, -0.05) is 19.8 Å². The first-order valence-corrected chi connectivity index (χ1v) is 8.12. The Kier molecular flexibility index (Phi) is 4.24. The van der Waals surface area contributed by atoms with Gasteiger partial charge in [-0.3, -0.25) is 4.68 Å². The van der Waals surface area contributed by atoms with Gasteiger partial charge in [-0.2, -0.15) is 5.10 Å². The summed E-state index contributed by atoms with van der Waals surface area (Å²) in [6, 6.07) is 2.22. The smallest absolute Gasteiger partial charge is 0.157 e. The van der Waals surface area contributed by atoms with E-state index in [1.54, 1.807) is 0 Å². The van der Waals surface area contributed by atoms with Crippen molar-refractivity contribution in [1.29, 1.82) is 0 Å². The summed E-state index contributed by atoms with van der Waals surface area (Å²) in [6.45, 7) is 6.47. The summed E-state index contributed by atoms with van der Waals surface area (Å²) in [5, 5.41) is 9.21. The molecular weight excluding hydrogens is 260 g/mol. The first-order valence-electron chi connectivity index (χ1n) is 8.12. The summed E-state index contributed by atoms with van der Waals surface area (Å²) >= 11 is 0. The number of nitrogens with zero attached hydrogens (tertiary/aromatic N) is 3. The molecule has 1 saturated carbocycles. The third kappa shape index (κ3) is 3.26. The van der Waals surface area contributed by atoms with Crippen LogP contribution in [0.25, 0.3) is 11.0 Å². The highest BCUT2D eigenvalue weighted by molar-refractivity contribution is 5.78. The van der Waals surface area contributed by atoms with Gasteiger partial charge in [0.25, 0.3) is 0 Å². The maximum absolute atomic E-state index is 4.54. The lowest BCUT2D eigenvalue weighted by molar-refractivity contribution is 0.274. The van der Waals surface area contributed by atoms with E-state index in [1.807, 2.05) is 24.9 Å². The zero-order chi connectivity index (χ0) is 14.8. The van der Waals surface area contributed by atoms with E-state index < -0.39 is 0 Å². The van der Waals surface area contributed by atoms with Crippen LogP contribution in [0.3, 0.4) is 0 Å². The standard InChI is InChI=1S/C17H26N4/c1-12-5-4-6-14(7-12)9-18-10-15-8-16-13(2)20-21(3)17(16)19-11-15/h8,11-12,14,18H,4-7,9-10H2,1-3H3. The molecule has 1 N–H and O–H groups in total. The van der Waals surface area contributed by atoms with Crippen molar-refractivity contribution in [3.63, 3.8) is 0 Å². The minimum Gasteiger partial charge on any atom is -0.312 e. The van der Waals surface area contributed by atoms with Crippen LogP contribution in [0.1, 0.15) is 43.9 Å². The Hall–Kier alpha value is -1.42. The number of pyridine rings is 1. The summed E-state index contributed by atoms with van der Waals surface area (Å²) in [4.78, 5) is 4.54. The first kappa shape index (κ1) is 14.5. The highest BCUT2D eigenvalue weighted by atomic mass is 15.3. The zero-order valence-electron chi connectivity index (χ0n) is 13.4. The molecule has 2 unspecified atom stereocenters. The van der Waals surface area contributed by atoms with Gasteiger partial charge in [0, 0.05) is 25.2 Å². The van der Waals surface area contributed by atoms with Gasteiger partial charge in [0.1, 0.15) is 0 Å². The lowest BCUT2D eigenvalue weighted by atomic mass is 9.82. The lowest BCUT2D eigenvalue weighted by Gasteiger charge is -2.26. The molecule has 2 aromatic heterocycles. The molecule has 0 aliphatic heterocycles. The first-order chi connectivity index (χ1) is 10.1. The molecule has 1 aliphatic carbocycles. The van der Waals surface area contributed by atoms with E-state index in [0.717, 1.165) is 36.3 Å². The number of nitrogens with one attached hydrogen (secondary N) is 1. The average Bonchev–Trinajstić information content (AvgIpc) is 2.74. The number of aromatic nitrogens is 3. The van der Waals surface area contributed by atoms with Gasteiger partial charge < -0.3 is 5.32 Å². The molecule has 0 spiro atoms. The van der Waals surface area contributed by atoms with Crippen LogP contribution in [0.2, 0.25) is 0 Å². The van der Waals surface area contributed by atoms with E-state index in [-0.39, 0.29) is 0 Å². The highest BCUT2D eigenvalue weighted by Crippen LogP contribution is 2.28. The van der Waals surface area contributed by atoms with Gasteiger partial charge in [-0.05, 0) is 49.8 Å². The summed E-state index contributed by atoms with van der Waals surface area (Å²) in [5.74, 6) is 1.76. The largest absolute Gasteiger partial charge is 0.312 e. The summed E-state index contributed by atoms with van der Waals surface area (Å²) < 4.78 is 1.85. The minimum absolute atomic E-state index is 0.852. The number of rotatable bonds is 4. The number of aryl methyl sites for hydroxylation is 2. The topological polar surface area (TPSA) is 42.7 Å². The quantitative estimate of drug-likeness (QED) is 0.938. The molecule has 0 bridgehead atoms. The predicted molar refractivity (Wildman–Crippen MR) is 86.1 cm³/mol.